The van der Waals surface area contributed by atoms with Gasteiger partial charge in [-0.15, -0.1) is 0 Å². The molecule has 2 aromatic rings. The molecule has 3 nitrogen and oxygen atoms in total. The second kappa shape index (κ2) is 7.17. The van der Waals surface area contributed by atoms with Gasteiger partial charge in [0.25, 0.3) is 0 Å². The normalized spacial score (nSPS) is 15.2. The number of nitrogens with zero attached hydrogens (tertiary/aromatic N) is 3. The predicted molar refractivity (Wildman–Crippen MR) is 94.5 cm³/mol. The maximum atomic E-state index is 9.53. The second-order valence-electron chi connectivity index (χ2n) is 5.14. The van der Waals surface area contributed by atoms with Gasteiger partial charge in [-0.2, -0.15) is 15.5 Å². The molecule has 0 heterocycles. The Labute approximate surface area is 147 Å². The Bertz CT molecular complexity index is 737. The largest absolute Gasteiger partial charge is 0.195 e. The standard InChI is InChI=1S/C17H15Br2N3/c1-12(13-5-3-7-15(18)9-13)21-22-17(2,11-20)14-6-4-8-16(19)10-14/h3-10,12H,1-2H3. The van der Waals surface area contributed by atoms with Crippen LogP contribution in [0.4, 0.5) is 0 Å². The average molecular weight is 421 g/mol. The molecule has 112 valence electrons. The first kappa shape index (κ1) is 16.9. The lowest BCUT2D eigenvalue weighted by molar-refractivity contribution is 0.566. The van der Waals surface area contributed by atoms with Gasteiger partial charge in [0.2, 0.25) is 0 Å². The number of rotatable bonds is 4. The lowest BCUT2D eigenvalue weighted by atomic mass is 9.95. The molecule has 0 bridgehead atoms. The van der Waals surface area contributed by atoms with Crippen molar-refractivity contribution in [3.8, 4) is 6.07 Å². The van der Waals surface area contributed by atoms with Gasteiger partial charge in [0, 0.05) is 8.95 Å². The Morgan fingerprint density at radius 2 is 1.73 bits per heavy atom. The van der Waals surface area contributed by atoms with E-state index in [2.05, 4.69) is 48.2 Å². The molecule has 0 saturated heterocycles. The van der Waals surface area contributed by atoms with Gasteiger partial charge in [0.1, 0.15) is 0 Å². The van der Waals surface area contributed by atoms with Gasteiger partial charge in [-0.25, -0.2) is 0 Å². The molecule has 2 aromatic carbocycles. The molecule has 0 aliphatic rings. The molecule has 0 N–H and O–H groups in total. The second-order valence-corrected chi connectivity index (χ2v) is 6.97. The SMILES string of the molecule is CC(N=NC(C)(C#N)c1cccc(Br)c1)c1cccc(Br)c1. The van der Waals surface area contributed by atoms with E-state index in [1.165, 1.54) is 0 Å². The van der Waals surface area contributed by atoms with E-state index in [-0.39, 0.29) is 6.04 Å². The molecule has 22 heavy (non-hydrogen) atoms. The highest BCUT2D eigenvalue weighted by Crippen LogP contribution is 2.29. The van der Waals surface area contributed by atoms with Gasteiger partial charge >= 0.3 is 0 Å². The summed E-state index contributed by atoms with van der Waals surface area (Å²) < 4.78 is 1.92. The molecule has 0 aliphatic heterocycles. The molecule has 0 amide bonds. The highest BCUT2D eigenvalue weighted by Gasteiger charge is 2.26. The van der Waals surface area contributed by atoms with Gasteiger partial charge in [-0.1, -0.05) is 56.1 Å². The highest BCUT2D eigenvalue weighted by atomic mass is 79.9. The minimum absolute atomic E-state index is 0.114. The quantitative estimate of drug-likeness (QED) is 0.546. The van der Waals surface area contributed by atoms with Gasteiger partial charge < -0.3 is 0 Å². The molecular weight excluding hydrogens is 406 g/mol. The zero-order valence-electron chi connectivity index (χ0n) is 12.3. The minimum atomic E-state index is -0.996. The molecular formula is C17H15Br2N3. The van der Waals surface area contributed by atoms with E-state index in [4.69, 9.17) is 0 Å². The van der Waals surface area contributed by atoms with Crippen molar-refractivity contribution in [3.05, 3.63) is 68.6 Å². The summed E-state index contributed by atoms with van der Waals surface area (Å²) in [6, 6.07) is 17.7. The van der Waals surface area contributed by atoms with Crippen LogP contribution in [0.3, 0.4) is 0 Å². The molecule has 2 rings (SSSR count). The first-order chi connectivity index (χ1) is 10.4. The van der Waals surface area contributed by atoms with E-state index in [0.717, 1.165) is 20.1 Å². The van der Waals surface area contributed by atoms with Crippen LogP contribution in [0.15, 0.2) is 67.7 Å². The molecule has 0 aliphatic carbocycles. The van der Waals surface area contributed by atoms with Crippen LogP contribution in [0, 0.1) is 11.3 Å². The summed E-state index contributed by atoms with van der Waals surface area (Å²) in [5.41, 5.74) is 0.867. The Morgan fingerprint density at radius 1 is 1.09 bits per heavy atom. The fourth-order valence-corrected chi connectivity index (χ4v) is 2.79. The summed E-state index contributed by atoms with van der Waals surface area (Å²) in [4.78, 5) is 0. The monoisotopic (exact) mass is 419 g/mol. The topological polar surface area (TPSA) is 48.5 Å². The Morgan fingerprint density at radius 3 is 2.32 bits per heavy atom. The van der Waals surface area contributed by atoms with E-state index >= 15 is 0 Å². The number of nitriles is 1. The van der Waals surface area contributed by atoms with Gasteiger partial charge in [0.05, 0.1) is 12.1 Å². The highest BCUT2D eigenvalue weighted by molar-refractivity contribution is 9.10. The van der Waals surface area contributed by atoms with Crippen LogP contribution in [0.2, 0.25) is 0 Å². The Kier molecular flexibility index (Phi) is 5.49. The van der Waals surface area contributed by atoms with E-state index in [0.29, 0.717) is 0 Å². The van der Waals surface area contributed by atoms with Crippen LogP contribution in [-0.4, -0.2) is 0 Å². The fourth-order valence-electron chi connectivity index (χ4n) is 1.97. The number of benzene rings is 2. The van der Waals surface area contributed by atoms with E-state index < -0.39 is 5.54 Å². The lowest BCUT2D eigenvalue weighted by Crippen LogP contribution is -2.16. The Hall–Kier alpha value is -1.51. The van der Waals surface area contributed by atoms with Crippen molar-refractivity contribution in [3.63, 3.8) is 0 Å². The van der Waals surface area contributed by atoms with Crippen molar-refractivity contribution in [2.45, 2.75) is 25.4 Å². The molecule has 0 saturated carbocycles. The van der Waals surface area contributed by atoms with Crippen molar-refractivity contribution in [1.29, 1.82) is 5.26 Å². The van der Waals surface area contributed by atoms with Crippen LogP contribution in [0.25, 0.3) is 0 Å². The third-order valence-corrected chi connectivity index (χ3v) is 4.35. The van der Waals surface area contributed by atoms with Crippen molar-refractivity contribution in [2.75, 3.05) is 0 Å². The number of azo groups is 1. The molecule has 2 unspecified atom stereocenters. The van der Waals surface area contributed by atoms with Crippen LogP contribution in [-0.2, 0) is 5.54 Å². The predicted octanol–water partition coefficient (Wildman–Crippen LogP) is 6.16. The molecule has 5 heteroatoms. The maximum Gasteiger partial charge on any atom is 0.189 e. The zero-order valence-corrected chi connectivity index (χ0v) is 15.5. The van der Waals surface area contributed by atoms with E-state index in [1.54, 1.807) is 6.92 Å². The van der Waals surface area contributed by atoms with Gasteiger partial charge in [-0.05, 0) is 49.2 Å². The van der Waals surface area contributed by atoms with Crippen LogP contribution < -0.4 is 0 Å². The van der Waals surface area contributed by atoms with Gasteiger partial charge in [0.15, 0.2) is 5.54 Å². The fraction of sp³-hybridized carbons (Fsp3) is 0.235. The van der Waals surface area contributed by atoms with E-state index in [1.807, 2.05) is 55.5 Å². The summed E-state index contributed by atoms with van der Waals surface area (Å²) >= 11 is 6.87. The van der Waals surface area contributed by atoms with Crippen LogP contribution in [0.1, 0.15) is 31.0 Å². The molecule has 0 fully saturated rings. The molecule has 2 atom stereocenters. The van der Waals surface area contributed by atoms with Crippen LogP contribution in [0.5, 0.6) is 0 Å². The van der Waals surface area contributed by atoms with Crippen molar-refractivity contribution in [1.82, 2.24) is 0 Å². The number of halogens is 2. The van der Waals surface area contributed by atoms with Crippen molar-refractivity contribution in [2.24, 2.45) is 10.2 Å². The summed E-state index contributed by atoms with van der Waals surface area (Å²) in [7, 11) is 0. The first-order valence-electron chi connectivity index (χ1n) is 6.79. The lowest BCUT2D eigenvalue weighted by Gasteiger charge is -2.17. The molecule has 0 spiro atoms. The maximum absolute atomic E-state index is 9.53. The molecule has 0 radical (unpaired) electrons. The first-order valence-corrected chi connectivity index (χ1v) is 8.38. The summed E-state index contributed by atoms with van der Waals surface area (Å²) in [6.45, 7) is 3.73. The zero-order chi connectivity index (χ0) is 16.2. The third kappa shape index (κ3) is 4.02. The number of hydrogen-bond donors (Lipinski definition) is 0. The van der Waals surface area contributed by atoms with Gasteiger partial charge in [-0.3, -0.25) is 0 Å². The average Bonchev–Trinajstić information content (AvgIpc) is 2.52. The van der Waals surface area contributed by atoms with Crippen molar-refractivity contribution >= 4 is 31.9 Å². The minimum Gasteiger partial charge on any atom is -0.195 e. The van der Waals surface area contributed by atoms with Crippen LogP contribution >= 0.6 is 31.9 Å². The smallest absolute Gasteiger partial charge is 0.189 e. The molecule has 0 aromatic heterocycles. The van der Waals surface area contributed by atoms with Crippen molar-refractivity contribution < 1.29 is 0 Å². The Balaban J connectivity index is 2.28. The summed E-state index contributed by atoms with van der Waals surface area (Å²) in [5.74, 6) is 0. The summed E-state index contributed by atoms with van der Waals surface area (Å²) in [5, 5.41) is 18.2. The number of hydrogen-bond acceptors (Lipinski definition) is 3. The third-order valence-electron chi connectivity index (χ3n) is 3.37. The summed E-state index contributed by atoms with van der Waals surface area (Å²) in [6.07, 6.45) is 0. The van der Waals surface area contributed by atoms with E-state index in [9.17, 15) is 5.26 Å².